The Bertz CT molecular complexity index is 787. The molecule has 0 bridgehead atoms. The molecular formula is C18H20ClN3O3S. The van der Waals surface area contributed by atoms with Crippen molar-refractivity contribution in [2.75, 3.05) is 18.8 Å². The van der Waals surface area contributed by atoms with Gasteiger partial charge in [-0.15, -0.1) is 11.8 Å². The Morgan fingerprint density at radius 2 is 2.08 bits per heavy atom. The number of carbonyl (C=O) groups is 2. The van der Waals surface area contributed by atoms with E-state index >= 15 is 0 Å². The summed E-state index contributed by atoms with van der Waals surface area (Å²) in [5, 5.41) is 13.8. The largest absolute Gasteiger partial charge is 0.478 e. The number of likely N-dealkylation sites (tertiary alicyclic amines) is 1. The van der Waals surface area contributed by atoms with Crippen LogP contribution in [0.1, 0.15) is 34.8 Å². The number of benzene rings is 1. The zero-order chi connectivity index (χ0) is 18.5. The number of hydrogen-bond acceptors (Lipinski definition) is 4. The molecule has 0 atom stereocenters. The maximum absolute atomic E-state index is 12.4. The molecule has 2 aromatic rings. The van der Waals surface area contributed by atoms with Crippen molar-refractivity contribution in [3.05, 3.63) is 52.8 Å². The number of aromatic carboxylic acids is 1. The molecule has 1 aromatic carbocycles. The number of halogens is 1. The summed E-state index contributed by atoms with van der Waals surface area (Å²) in [6.45, 7) is 1.34. The van der Waals surface area contributed by atoms with E-state index in [1.54, 1.807) is 22.6 Å². The maximum atomic E-state index is 12.4. The zero-order valence-corrected chi connectivity index (χ0v) is 15.7. The van der Waals surface area contributed by atoms with E-state index in [1.165, 1.54) is 6.20 Å². The molecule has 2 heterocycles. The first-order valence-corrected chi connectivity index (χ1v) is 9.93. The highest BCUT2D eigenvalue weighted by Crippen LogP contribution is 2.23. The molecule has 1 fully saturated rings. The van der Waals surface area contributed by atoms with Crippen LogP contribution in [0.4, 0.5) is 0 Å². The lowest BCUT2D eigenvalue weighted by atomic mass is 10.1. The highest BCUT2D eigenvalue weighted by molar-refractivity contribution is 7.99. The third-order valence-corrected chi connectivity index (χ3v) is 5.65. The van der Waals surface area contributed by atoms with Gasteiger partial charge in [0.15, 0.2) is 0 Å². The van der Waals surface area contributed by atoms with Crippen LogP contribution in [0.25, 0.3) is 0 Å². The molecule has 0 saturated carbocycles. The summed E-state index contributed by atoms with van der Waals surface area (Å²) >= 11 is 7.55. The lowest BCUT2D eigenvalue weighted by Crippen LogP contribution is -2.40. The summed E-state index contributed by atoms with van der Waals surface area (Å²) in [6.07, 6.45) is 4.49. The van der Waals surface area contributed by atoms with Crippen LogP contribution in [0.5, 0.6) is 0 Å². The number of rotatable bonds is 6. The van der Waals surface area contributed by atoms with Crippen LogP contribution in [0.2, 0.25) is 5.02 Å². The zero-order valence-electron chi connectivity index (χ0n) is 14.2. The van der Waals surface area contributed by atoms with Crippen LogP contribution < -0.4 is 0 Å². The first-order chi connectivity index (χ1) is 12.5. The molecule has 26 heavy (non-hydrogen) atoms. The summed E-state index contributed by atoms with van der Waals surface area (Å²) in [5.41, 5.74) is 1.31. The molecule has 6 nitrogen and oxygen atoms in total. The Morgan fingerprint density at radius 3 is 2.73 bits per heavy atom. The normalized spacial score (nSPS) is 15.2. The first-order valence-electron chi connectivity index (χ1n) is 8.40. The lowest BCUT2D eigenvalue weighted by molar-refractivity contribution is -0.129. The molecule has 1 saturated heterocycles. The minimum Gasteiger partial charge on any atom is -0.478 e. The van der Waals surface area contributed by atoms with Gasteiger partial charge in [0, 0.05) is 30.1 Å². The molecule has 1 amide bonds. The third-order valence-electron chi connectivity index (χ3n) is 4.42. The van der Waals surface area contributed by atoms with Gasteiger partial charge in [-0.25, -0.2) is 4.79 Å². The van der Waals surface area contributed by atoms with E-state index < -0.39 is 5.97 Å². The molecule has 138 valence electrons. The molecule has 1 aliphatic rings. The molecule has 0 unspecified atom stereocenters. The molecule has 1 aromatic heterocycles. The quantitative estimate of drug-likeness (QED) is 0.814. The fourth-order valence-corrected chi connectivity index (χ4v) is 4.09. The summed E-state index contributed by atoms with van der Waals surface area (Å²) < 4.78 is 1.71. The third kappa shape index (κ3) is 4.80. The van der Waals surface area contributed by atoms with E-state index in [4.69, 9.17) is 16.7 Å². The van der Waals surface area contributed by atoms with Crippen LogP contribution in [0.15, 0.2) is 36.7 Å². The number of thioether (sulfide) groups is 1. The van der Waals surface area contributed by atoms with Gasteiger partial charge in [0.05, 0.1) is 23.6 Å². The average molecular weight is 394 g/mol. The summed E-state index contributed by atoms with van der Waals surface area (Å²) in [5.74, 6) is 0.374. The summed E-state index contributed by atoms with van der Waals surface area (Å²) in [6, 6.07) is 7.82. The minimum atomic E-state index is -0.972. The number of aromatic nitrogens is 2. The van der Waals surface area contributed by atoms with Gasteiger partial charge in [0.25, 0.3) is 0 Å². The van der Waals surface area contributed by atoms with Crippen LogP contribution >= 0.6 is 23.4 Å². The van der Waals surface area contributed by atoms with Crippen molar-refractivity contribution in [3.63, 3.8) is 0 Å². The van der Waals surface area contributed by atoms with Gasteiger partial charge in [0.1, 0.15) is 0 Å². The minimum absolute atomic E-state index is 0.141. The van der Waals surface area contributed by atoms with E-state index in [0.29, 0.717) is 23.9 Å². The number of carboxylic acids is 1. The van der Waals surface area contributed by atoms with E-state index in [1.807, 2.05) is 29.2 Å². The van der Waals surface area contributed by atoms with Crippen LogP contribution in [-0.4, -0.2) is 50.5 Å². The fraction of sp³-hybridized carbons (Fsp3) is 0.389. The van der Waals surface area contributed by atoms with E-state index in [2.05, 4.69) is 5.10 Å². The predicted octanol–water partition coefficient (Wildman–Crippen LogP) is 3.33. The molecule has 0 spiro atoms. The first kappa shape index (κ1) is 18.8. The second-order valence-corrected chi connectivity index (χ2v) is 7.67. The topological polar surface area (TPSA) is 75.4 Å². The van der Waals surface area contributed by atoms with Crippen molar-refractivity contribution in [2.24, 2.45) is 0 Å². The number of carboxylic acid groups (broad SMARTS) is 1. The van der Waals surface area contributed by atoms with Crippen molar-refractivity contribution in [1.82, 2.24) is 14.7 Å². The number of piperidine rings is 1. The van der Waals surface area contributed by atoms with Gasteiger partial charge in [-0.2, -0.15) is 5.10 Å². The molecule has 1 aliphatic heterocycles. The SMILES string of the molecule is O=C(O)c1cnn(C2CCN(C(=O)CSCc3cccc(Cl)c3)CC2)c1. The molecule has 0 aliphatic carbocycles. The molecule has 1 N–H and O–H groups in total. The van der Waals surface area contributed by atoms with E-state index in [0.717, 1.165) is 24.2 Å². The van der Waals surface area contributed by atoms with Crippen molar-refractivity contribution >= 4 is 35.2 Å². The number of nitrogens with zero attached hydrogens (tertiary/aromatic N) is 3. The van der Waals surface area contributed by atoms with Gasteiger partial charge in [-0.05, 0) is 30.5 Å². The van der Waals surface area contributed by atoms with Crippen molar-refractivity contribution in [3.8, 4) is 0 Å². The van der Waals surface area contributed by atoms with Crippen molar-refractivity contribution < 1.29 is 14.7 Å². The smallest absolute Gasteiger partial charge is 0.338 e. The summed E-state index contributed by atoms with van der Waals surface area (Å²) in [4.78, 5) is 25.2. The Labute approximate surface area is 161 Å². The van der Waals surface area contributed by atoms with Gasteiger partial charge in [0.2, 0.25) is 5.91 Å². The molecule has 8 heteroatoms. The van der Waals surface area contributed by atoms with E-state index in [9.17, 15) is 9.59 Å². The average Bonchev–Trinajstić information content (AvgIpc) is 3.12. The van der Waals surface area contributed by atoms with Crippen molar-refractivity contribution in [1.29, 1.82) is 0 Å². The molecule has 0 radical (unpaired) electrons. The van der Waals surface area contributed by atoms with Crippen LogP contribution in [-0.2, 0) is 10.5 Å². The van der Waals surface area contributed by atoms with Gasteiger partial charge >= 0.3 is 5.97 Å². The molecular weight excluding hydrogens is 374 g/mol. The second kappa shape index (κ2) is 8.60. The van der Waals surface area contributed by atoms with Crippen LogP contribution in [0.3, 0.4) is 0 Å². The van der Waals surface area contributed by atoms with Crippen LogP contribution in [0, 0.1) is 0 Å². The highest BCUT2D eigenvalue weighted by Gasteiger charge is 2.24. The van der Waals surface area contributed by atoms with Gasteiger partial charge in [-0.3, -0.25) is 9.48 Å². The van der Waals surface area contributed by atoms with Gasteiger partial charge in [-0.1, -0.05) is 23.7 Å². The number of hydrogen-bond donors (Lipinski definition) is 1. The second-order valence-electron chi connectivity index (χ2n) is 6.25. The Kier molecular flexibility index (Phi) is 6.21. The van der Waals surface area contributed by atoms with E-state index in [-0.39, 0.29) is 17.5 Å². The number of amides is 1. The van der Waals surface area contributed by atoms with Crippen molar-refractivity contribution in [2.45, 2.75) is 24.6 Å². The fourth-order valence-electron chi connectivity index (χ4n) is 3.00. The Hall–Kier alpha value is -1.99. The monoisotopic (exact) mass is 393 g/mol. The Morgan fingerprint density at radius 1 is 1.31 bits per heavy atom. The maximum Gasteiger partial charge on any atom is 0.338 e. The highest BCUT2D eigenvalue weighted by atomic mass is 35.5. The number of carbonyl (C=O) groups excluding carboxylic acids is 1. The standard InChI is InChI=1S/C18H20ClN3O3S/c19-15-3-1-2-13(8-15)11-26-12-17(23)21-6-4-16(5-7-21)22-10-14(9-20-22)18(24)25/h1-3,8-10,16H,4-7,11-12H2,(H,24,25). The predicted molar refractivity (Wildman–Crippen MR) is 102 cm³/mol. The molecule has 3 rings (SSSR count). The summed E-state index contributed by atoms with van der Waals surface area (Å²) in [7, 11) is 0. The lowest BCUT2D eigenvalue weighted by Gasteiger charge is -2.32. The Balaban J connectivity index is 1.43. The van der Waals surface area contributed by atoms with Gasteiger partial charge < -0.3 is 10.0 Å².